The lowest BCUT2D eigenvalue weighted by Gasteiger charge is -2.24. The molecule has 0 radical (unpaired) electrons. The van der Waals surface area contributed by atoms with Gasteiger partial charge in [0, 0.05) is 0 Å². The highest BCUT2D eigenvalue weighted by Gasteiger charge is 2.32. The van der Waals surface area contributed by atoms with Gasteiger partial charge < -0.3 is 30.5 Å². The van der Waals surface area contributed by atoms with Gasteiger partial charge in [-0.1, -0.05) is 23.2 Å². The molecule has 116 valence electrons. The summed E-state index contributed by atoms with van der Waals surface area (Å²) in [5, 5.41) is 47.9. The predicted molar refractivity (Wildman–Crippen MR) is 76.2 cm³/mol. The Morgan fingerprint density at radius 1 is 1.05 bits per heavy atom. The summed E-state index contributed by atoms with van der Waals surface area (Å²) in [6, 6.07) is 2.99. The lowest BCUT2D eigenvalue weighted by molar-refractivity contribution is -0.117. The van der Waals surface area contributed by atoms with Gasteiger partial charge in [-0.3, -0.25) is 0 Å². The molecule has 0 aliphatic rings. The molecule has 1 heterocycles. The number of benzene rings is 1. The van der Waals surface area contributed by atoms with Crippen molar-refractivity contribution in [2.45, 2.75) is 24.4 Å². The molecule has 6 N–H and O–H groups in total. The van der Waals surface area contributed by atoms with Gasteiger partial charge in [0.15, 0.2) is 0 Å². The Hall–Kier alpha value is -0.930. The molecule has 9 heteroatoms. The van der Waals surface area contributed by atoms with E-state index in [4.69, 9.17) is 28.3 Å². The molecule has 1 aromatic heterocycles. The van der Waals surface area contributed by atoms with E-state index in [-0.39, 0.29) is 10.8 Å². The van der Waals surface area contributed by atoms with Crippen molar-refractivity contribution in [2.75, 3.05) is 6.61 Å². The molecule has 0 fully saturated rings. The number of nitrogens with zero attached hydrogens (tertiary/aromatic N) is 1. The number of nitrogens with one attached hydrogen (secondary N) is 1. The van der Waals surface area contributed by atoms with Crippen LogP contribution in [-0.2, 0) is 0 Å². The Bertz CT molecular complexity index is 596. The van der Waals surface area contributed by atoms with Gasteiger partial charge in [0.1, 0.15) is 30.2 Å². The maximum Gasteiger partial charge on any atom is 0.140 e. The van der Waals surface area contributed by atoms with Crippen LogP contribution in [0.15, 0.2) is 12.1 Å². The third-order valence-electron chi connectivity index (χ3n) is 3.08. The fourth-order valence-electron chi connectivity index (χ4n) is 1.85. The Morgan fingerprint density at radius 2 is 1.67 bits per heavy atom. The first-order valence-electron chi connectivity index (χ1n) is 6.03. The number of aliphatic hydroxyl groups excluding tert-OH is 5. The zero-order chi connectivity index (χ0) is 15.7. The van der Waals surface area contributed by atoms with E-state index >= 15 is 0 Å². The summed E-state index contributed by atoms with van der Waals surface area (Å²) in [4.78, 5) is 6.78. The molecule has 0 amide bonds. The molecular formula is C12H14Cl2N2O5. The van der Waals surface area contributed by atoms with E-state index in [9.17, 15) is 20.4 Å². The lowest BCUT2D eigenvalue weighted by Crippen LogP contribution is -2.42. The Kier molecular flexibility index (Phi) is 5.05. The van der Waals surface area contributed by atoms with Crippen molar-refractivity contribution in [3.63, 3.8) is 0 Å². The van der Waals surface area contributed by atoms with Crippen molar-refractivity contribution in [1.29, 1.82) is 0 Å². The van der Waals surface area contributed by atoms with Gasteiger partial charge in [-0.2, -0.15) is 0 Å². The van der Waals surface area contributed by atoms with Crippen molar-refractivity contribution in [1.82, 2.24) is 9.97 Å². The number of hydrogen-bond acceptors (Lipinski definition) is 6. The van der Waals surface area contributed by atoms with Crippen molar-refractivity contribution >= 4 is 34.2 Å². The molecule has 21 heavy (non-hydrogen) atoms. The van der Waals surface area contributed by atoms with Gasteiger partial charge in [-0.05, 0) is 12.1 Å². The number of H-pyrrole nitrogens is 1. The van der Waals surface area contributed by atoms with Crippen LogP contribution in [0.25, 0.3) is 11.0 Å². The summed E-state index contributed by atoms with van der Waals surface area (Å²) in [6.45, 7) is -0.754. The summed E-state index contributed by atoms with van der Waals surface area (Å²) >= 11 is 11.7. The SMILES string of the molecule is OCC(O)[C@H](O)[C@H](O)C(O)c1nc2cc(Cl)c(Cl)cc2[nH]1. The zero-order valence-electron chi connectivity index (χ0n) is 10.6. The van der Waals surface area contributed by atoms with E-state index in [1.165, 1.54) is 12.1 Å². The third kappa shape index (κ3) is 3.29. The van der Waals surface area contributed by atoms with Crippen LogP contribution in [-0.4, -0.2) is 60.4 Å². The minimum Gasteiger partial charge on any atom is -0.394 e. The van der Waals surface area contributed by atoms with Crippen LogP contribution in [0.1, 0.15) is 11.9 Å². The number of rotatable bonds is 5. The molecule has 0 aliphatic carbocycles. The normalized spacial score (nSPS) is 17.7. The summed E-state index contributed by atoms with van der Waals surface area (Å²) in [5.74, 6) is -0.0278. The molecule has 2 rings (SSSR count). The van der Waals surface area contributed by atoms with Crippen LogP contribution in [0.2, 0.25) is 10.0 Å². The van der Waals surface area contributed by atoms with E-state index in [0.29, 0.717) is 16.1 Å². The molecule has 7 nitrogen and oxygen atoms in total. The number of aliphatic hydroxyl groups is 5. The number of imidazole rings is 1. The standard InChI is InChI=1S/C12H14Cl2N2O5/c13-4-1-6-7(2-5(4)14)16-12(15-6)11(21)10(20)9(19)8(18)3-17/h1-2,8-11,17-21H,3H2,(H,15,16)/t8?,9-,10-,11?/m0/s1. The highest BCUT2D eigenvalue weighted by molar-refractivity contribution is 6.42. The smallest absolute Gasteiger partial charge is 0.140 e. The molecule has 1 aromatic carbocycles. The van der Waals surface area contributed by atoms with Gasteiger partial charge in [0.25, 0.3) is 0 Å². The van der Waals surface area contributed by atoms with Gasteiger partial charge in [-0.25, -0.2) is 4.98 Å². The predicted octanol–water partition coefficient (Wildman–Crippen LogP) is -0.0219. The summed E-state index contributed by atoms with van der Waals surface area (Å²) < 4.78 is 0. The topological polar surface area (TPSA) is 130 Å². The fourth-order valence-corrected chi connectivity index (χ4v) is 2.17. The highest BCUT2D eigenvalue weighted by atomic mass is 35.5. The second-order valence-electron chi connectivity index (χ2n) is 4.58. The fraction of sp³-hybridized carbons (Fsp3) is 0.417. The largest absolute Gasteiger partial charge is 0.394 e. The summed E-state index contributed by atoms with van der Waals surface area (Å²) in [7, 11) is 0. The minimum absolute atomic E-state index is 0.0278. The zero-order valence-corrected chi connectivity index (χ0v) is 12.1. The van der Waals surface area contributed by atoms with E-state index in [2.05, 4.69) is 9.97 Å². The van der Waals surface area contributed by atoms with E-state index in [0.717, 1.165) is 0 Å². The monoisotopic (exact) mass is 336 g/mol. The van der Waals surface area contributed by atoms with E-state index < -0.39 is 31.0 Å². The minimum atomic E-state index is -1.74. The molecule has 0 spiro atoms. The van der Waals surface area contributed by atoms with E-state index in [1.807, 2.05) is 0 Å². The van der Waals surface area contributed by atoms with Crippen LogP contribution < -0.4 is 0 Å². The highest BCUT2D eigenvalue weighted by Crippen LogP contribution is 2.28. The second-order valence-corrected chi connectivity index (χ2v) is 5.40. The molecule has 2 unspecified atom stereocenters. The Balaban J connectivity index is 2.28. The first-order chi connectivity index (χ1) is 9.85. The molecule has 0 saturated heterocycles. The van der Waals surface area contributed by atoms with Crippen LogP contribution in [0, 0.1) is 0 Å². The first-order valence-corrected chi connectivity index (χ1v) is 6.78. The van der Waals surface area contributed by atoms with Crippen molar-refractivity contribution in [2.24, 2.45) is 0 Å². The molecule has 4 atom stereocenters. The average molecular weight is 337 g/mol. The van der Waals surface area contributed by atoms with Gasteiger partial charge in [-0.15, -0.1) is 0 Å². The lowest BCUT2D eigenvalue weighted by atomic mass is 10.0. The average Bonchev–Trinajstić information content (AvgIpc) is 2.87. The number of hydrogen-bond donors (Lipinski definition) is 6. The second kappa shape index (κ2) is 6.45. The maximum absolute atomic E-state index is 9.98. The van der Waals surface area contributed by atoms with E-state index in [1.54, 1.807) is 0 Å². The third-order valence-corrected chi connectivity index (χ3v) is 3.80. The van der Waals surface area contributed by atoms with Crippen LogP contribution in [0.3, 0.4) is 0 Å². The number of fused-ring (bicyclic) bond motifs is 1. The van der Waals surface area contributed by atoms with Crippen molar-refractivity contribution < 1.29 is 25.5 Å². The first kappa shape index (κ1) is 16.4. The molecule has 0 aliphatic heterocycles. The van der Waals surface area contributed by atoms with Crippen LogP contribution >= 0.6 is 23.2 Å². The van der Waals surface area contributed by atoms with Gasteiger partial charge >= 0.3 is 0 Å². The van der Waals surface area contributed by atoms with Gasteiger partial charge in [0.2, 0.25) is 0 Å². The maximum atomic E-state index is 9.98. The Morgan fingerprint density at radius 3 is 2.29 bits per heavy atom. The number of aromatic nitrogens is 2. The molecule has 0 saturated carbocycles. The quantitative estimate of drug-likeness (QED) is 0.455. The van der Waals surface area contributed by atoms with Crippen molar-refractivity contribution in [3.8, 4) is 0 Å². The molecule has 2 aromatic rings. The summed E-state index contributed by atoms with van der Waals surface area (Å²) in [5.41, 5.74) is 0.908. The Labute approximate surface area is 129 Å². The van der Waals surface area contributed by atoms with Crippen LogP contribution in [0.4, 0.5) is 0 Å². The van der Waals surface area contributed by atoms with Crippen LogP contribution in [0.5, 0.6) is 0 Å². The molecular weight excluding hydrogens is 323 g/mol. The number of halogens is 2. The molecule has 0 bridgehead atoms. The summed E-state index contributed by atoms with van der Waals surface area (Å²) in [6.07, 6.45) is -6.64. The van der Waals surface area contributed by atoms with Crippen molar-refractivity contribution in [3.05, 3.63) is 28.0 Å². The number of aromatic amines is 1. The van der Waals surface area contributed by atoms with Gasteiger partial charge in [0.05, 0.1) is 27.7 Å².